The van der Waals surface area contributed by atoms with Crippen LogP contribution in [0.4, 0.5) is 9.59 Å². The number of alkyl halides is 1. The molecule has 0 spiro atoms. The normalized spacial score (nSPS) is 24.4. The molecule has 258 valence electrons. The van der Waals surface area contributed by atoms with Crippen molar-refractivity contribution in [3.63, 3.8) is 0 Å². The third-order valence-electron chi connectivity index (χ3n) is 7.55. The molecule has 1 N–H and O–H groups in total. The number of likely N-dealkylation sites (tertiary alicyclic amines) is 2. The summed E-state index contributed by atoms with van der Waals surface area (Å²) in [5.41, 5.74) is 0.648. The molecule has 3 amide bonds. The summed E-state index contributed by atoms with van der Waals surface area (Å²) >= 11 is 3.41. The Bertz CT molecular complexity index is 1070. The first-order valence-corrected chi connectivity index (χ1v) is 16.8. The fourth-order valence-corrected chi connectivity index (χ4v) is 5.78. The lowest BCUT2D eigenvalue weighted by molar-refractivity contribution is -0.140. The molecule has 13 heteroatoms. The smallest absolute Gasteiger partial charge is 0.410 e. The fourth-order valence-electron chi connectivity index (χ4n) is 5.46. The predicted molar refractivity (Wildman–Crippen MR) is 176 cm³/mol. The van der Waals surface area contributed by atoms with Crippen LogP contribution in [0.15, 0.2) is 17.8 Å². The minimum absolute atomic E-state index is 0.00509. The van der Waals surface area contributed by atoms with Crippen LogP contribution in [0.5, 0.6) is 0 Å². The van der Waals surface area contributed by atoms with Crippen molar-refractivity contribution in [2.45, 2.75) is 123 Å². The summed E-state index contributed by atoms with van der Waals surface area (Å²) in [4.78, 5) is 50.5. The van der Waals surface area contributed by atoms with E-state index in [-0.39, 0.29) is 48.2 Å². The summed E-state index contributed by atoms with van der Waals surface area (Å²) in [7, 11) is 0. The molecule has 0 aromatic carbocycles. The van der Waals surface area contributed by atoms with Crippen LogP contribution in [0, 0.1) is 11.8 Å². The molecule has 3 aliphatic rings. The number of rotatable bonds is 6. The van der Waals surface area contributed by atoms with Gasteiger partial charge in [0.15, 0.2) is 6.61 Å². The van der Waals surface area contributed by atoms with Crippen LogP contribution >= 0.6 is 15.9 Å². The summed E-state index contributed by atoms with van der Waals surface area (Å²) < 4.78 is 16.8. The monoisotopic (exact) mass is 702 g/mol. The Kier molecular flexibility index (Phi) is 13.6. The molecular formula is C32H55BrN4O8. The van der Waals surface area contributed by atoms with E-state index >= 15 is 0 Å². The predicted octanol–water partition coefficient (Wildman–Crippen LogP) is 6.18. The highest BCUT2D eigenvalue weighted by Gasteiger charge is 2.43. The average molecular weight is 704 g/mol. The number of piperidine rings is 2. The molecular weight excluding hydrogens is 648 g/mol. The molecule has 3 heterocycles. The van der Waals surface area contributed by atoms with Gasteiger partial charge in [-0.25, -0.2) is 15.1 Å². The lowest BCUT2D eigenvalue weighted by Gasteiger charge is -2.45. The van der Waals surface area contributed by atoms with E-state index in [0.29, 0.717) is 43.8 Å². The zero-order valence-electron chi connectivity index (χ0n) is 28.9. The zero-order chi connectivity index (χ0) is 34.2. The van der Waals surface area contributed by atoms with E-state index in [9.17, 15) is 14.4 Å². The molecule has 2 saturated heterocycles. The topological polar surface area (TPSA) is 128 Å². The van der Waals surface area contributed by atoms with E-state index in [1.54, 1.807) is 15.9 Å². The lowest BCUT2D eigenvalue weighted by atomic mass is 9.82. The molecule has 0 radical (unpaired) electrons. The summed E-state index contributed by atoms with van der Waals surface area (Å²) in [6.45, 7) is 24.5. The van der Waals surface area contributed by atoms with E-state index in [4.69, 9.17) is 23.9 Å². The second-order valence-corrected chi connectivity index (χ2v) is 15.6. The Hall–Kier alpha value is -2.54. The highest BCUT2D eigenvalue weighted by Crippen LogP contribution is 2.35. The van der Waals surface area contributed by atoms with Gasteiger partial charge in [-0.1, -0.05) is 27.2 Å². The molecule has 0 saturated carbocycles. The van der Waals surface area contributed by atoms with Crippen molar-refractivity contribution in [1.29, 1.82) is 0 Å². The van der Waals surface area contributed by atoms with Gasteiger partial charge in [0.05, 0.1) is 6.61 Å². The molecule has 2 unspecified atom stereocenters. The molecule has 0 bridgehead atoms. The highest BCUT2D eigenvalue weighted by atomic mass is 79.9. The molecule has 45 heavy (non-hydrogen) atoms. The van der Waals surface area contributed by atoms with Crippen molar-refractivity contribution in [3.05, 3.63) is 12.7 Å². The molecule has 3 rings (SSSR count). The number of hydroxylamine groups is 1. The maximum atomic E-state index is 12.4. The van der Waals surface area contributed by atoms with Crippen LogP contribution in [0.25, 0.3) is 0 Å². The average Bonchev–Trinajstić information content (AvgIpc) is 2.90. The SMILES string of the molecule is C=CCONC(=O)[C@@H]1CCN(C(=O)OC(C)(C)C)C(C)(C)C1.CC(C)(C)OC(=O)N1CCC(C2=NOCC(CBr)O2)CC1(C)C. The maximum Gasteiger partial charge on any atom is 0.410 e. The van der Waals surface area contributed by atoms with Crippen LogP contribution in [-0.2, 0) is 28.7 Å². The summed E-state index contributed by atoms with van der Waals surface area (Å²) in [5.74, 6) is 0.473. The standard InChI is InChI=1S/C16H27BrN2O4.C16H28N2O4/c1-15(2,3)23-14(20)19-7-6-11(8-16(19,4)5)13-18-21-10-12(9-17)22-13;1-7-10-21-17-13(19)12-8-9-18(16(5,6)11-12)14(20)22-15(2,3)4/h11-12H,6-10H2,1-5H3;7,12H,1,8-11H2,2-6H3,(H,17,19)/t;12-/m.1/s1. The highest BCUT2D eigenvalue weighted by molar-refractivity contribution is 9.09. The van der Waals surface area contributed by atoms with Crippen molar-refractivity contribution in [2.75, 3.05) is 31.6 Å². The number of ether oxygens (including phenoxy) is 3. The van der Waals surface area contributed by atoms with Gasteiger partial charge in [-0.05, 0) is 94.9 Å². The van der Waals surface area contributed by atoms with Crippen molar-refractivity contribution in [1.82, 2.24) is 15.3 Å². The van der Waals surface area contributed by atoms with Gasteiger partial charge < -0.3 is 28.8 Å². The number of nitrogens with one attached hydrogen (secondary N) is 1. The van der Waals surface area contributed by atoms with E-state index in [1.165, 1.54) is 0 Å². The third-order valence-corrected chi connectivity index (χ3v) is 8.27. The third kappa shape index (κ3) is 12.3. The molecule has 2 fully saturated rings. The summed E-state index contributed by atoms with van der Waals surface area (Å²) in [6, 6.07) is 0. The van der Waals surface area contributed by atoms with Crippen molar-refractivity contribution in [2.24, 2.45) is 17.0 Å². The molecule has 0 aromatic heterocycles. The Balaban J connectivity index is 0.000000314. The van der Waals surface area contributed by atoms with Crippen LogP contribution in [0.2, 0.25) is 0 Å². The van der Waals surface area contributed by atoms with Gasteiger partial charge >= 0.3 is 12.2 Å². The van der Waals surface area contributed by atoms with E-state index in [0.717, 1.165) is 12.8 Å². The Labute approximate surface area is 277 Å². The molecule has 0 aromatic rings. The number of carbonyl (C=O) groups is 3. The van der Waals surface area contributed by atoms with Gasteiger partial charge in [-0.2, -0.15) is 0 Å². The number of nitrogens with zero attached hydrogens (tertiary/aromatic N) is 3. The first-order chi connectivity index (χ1) is 20.7. The number of hydrogen-bond donors (Lipinski definition) is 1. The maximum absolute atomic E-state index is 12.4. The Morgan fingerprint density at radius 2 is 1.51 bits per heavy atom. The minimum Gasteiger partial charge on any atom is -0.470 e. The summed E-state index contributed by atoms with van der Waals surface area (Å²) in [6.07, 6.45) is 3.68. The second-order valence-electron chi connectivity index (χ2n) is 15.0. The van der Waals surface area contributed by atoms with Crippen molar-refractivity contribution in [3.8, 4) is 0 Å². The molecule has 0 aliphatic carbocycles. The van der Waals surface area contributed by atoms with Crippen LogP contribution in [0.3, 0.4) is 0 Å². The van der Waals surface area contributed by atoms with Crippen LogP contribution < -0.4 is 5.48 Å². The quantitative estimate of drug-likeness (QED) is 0.150. The van der Waals surface area contributed by atoms with E-state index in [1.807, 2.05) is 55.4 Å². The van der Waals surface area contributed by atoms with Gasteiger partial charge in [0.25, 0.3) is 0 Å². The zero-order valence-corrected chi connectivity index (χ0v) is 30.5. The second kappa shape index (κ2) is 15.8. The summed E-state index contributed by atoms with van der Waals surface area (Å²) in [5, 5.41) is 4.80. The van der Waals surface area contributed by atoms with Gasteiger partial charge in [0, 0.05) is 41.3 Å². The Morgan fingerprint density at radius 3 is 1.98 bits per heavy atom. The first-order valence-electron chi connectivity index (χ1n) is 15.7. The number of carbonyl (C=O) groups excluding carboxylic acids is 3. The van der Waals surface area contributed by atoms with Crippen LogP contribution in [-0.4, -0.2) is 93.8 Å². The van der Waals surface area contributed by atoms with Crippen molar-refractivity contribution < 1.29 is 38.3 Å². The number of halogens is 1. The number of hydrogen-bond acceptors (Lipinski definition) is 9. The molecule has 3 atom stereocenters. The van der Waals surface area contributed by atoms with Gasteiger partial charge in [-0.3, -0.25) is 9.63 Å². The number of oxime groups is 1. The van der Waals surface area contributed by atoms with Gasteiger partial charge in [-0.15, -0.1) is 6.58 Å². The van der Waals surface area contributed by atoms with E-state index in [2.05, 4.69) is 47.0 Å². The first kappa shape index (κ1) is 38.6. The van der Waals surface area contributed by atoms with Gasteiger partial charge in [0.1, 0.15) is 17.3 Å². The van der Waals surface area contributed by atoms with Crippen molar-refractivity contribution >= 4 is 39.9 Å². The Morgan fingerprint density at radius 1 is 0.978 bits per heavy atom. The van der Waals surface area contributed by atoms with Gasteiger partial charge in [0.2, 0.25) is 11.8 Å². The van der Waals surface area contributed by atoms with Crippen LogP contribution in [0.1, 0.15) is 94.9 Å². The molecule has 3 aliphatic heterocycles. The largest absolute Gasteiger partial charge is 0.470 e. The lowest BCUT2D eigenvalue weighted by Crippen LogP contribution is -2.55. The van der Waals surface area contributed by atoms with E-state index < -0.39 is 16.7 Å². The number of amides is 3. The fraction of sp³-hybridized carbons (Fsp3) is 0.812. The minimum atomic E-state index is -0.528. The molecule has 12 nitrogen and oxygen atoms in total.